The van der Waals surface area contributed by atoms with Gasteiger partial charge < -0.3 is 14.2 Å². The van der Waals surface area contributed by atoms with Crippen molar-refractivity contribution in [1.29, 1.82) is 0 Å². The van der Waals surface area contributed by atoms with Gasteiger partial charge in [0.25, 0.3) is 0 Å². The molecule has 0 aliphatic carbocycles. The number of esters is 1. The number of carbonyl (C=O) groups is 2. The van der Waals surface area contributed by atoms with Crippen LogP contribution in [0.5, 0.6) is 5.75 Å². The van der Waals surface area contributed by atoms with E-state index in [4.69, 9.17) is 14.2 Å². The quantitative estimate of drug-likeness (QED) is 0.576. The van der Waals surface area contributed by atoms with E-state index in [1.54, 1.807) is 20.8 Å². The largest absolute Gasteiger partial charge is 0.514 e. The summed E-state index contributed by atoms with van der Waals surface area (Å²) in [5.74, 6) is -0.499. The first kappa shape index (κ1) is 19.0. The van der Waals surface area contributed by atoms with Crippen molar-refractivity contribution < 1.29 is 32.2 Å². The summed E-state index contributed by atoms with van der Waals surface area (Å²) < 4.78 is 37.4. The fourth-order valence-corrected chi connectivity index (χ4v) is 2.07. The second kappa shape index (κ2) is 7.96. The Morgan fingerprint density at radius 1 is 1.09 bits per heavy atom. The van der Waals surface area contributed by atoms with E-state index in [1.165, 1.54) is 24.3 Å². The Bertz CT molecular complexity index is 647. The first-order valence-corrected chi connectivity index (χ1v) is 8.84. The number of carbonyl (C=O) groups excluding carboxylic acids is 2. The summed E-state index contributed by atoms with van der Waals surface area (Å²) in [7, 11) is -3.31. The maximum absolute atomic E-state index is 11.6. The van der Waals surface area contributed by atoms with Crippen molar-refractivity contribution in [3.63, 3.8) is 0 Å². The van der Waals surface area contributed by atoms with Crippen molar-refractivity contribution in [2.75, 3.05) is 12.9 Å². The Labute approximate surface area is 135 Å². The molecule has 0 N–H and O–H groups in total. The number of sulfone groups is 1. The monoisotopic (exact) mass is 344 g/mol. The van der Waals surface area contributed by atoms with E-state index in [1.807, 2.05) is 0 Å². The Kier molecular flexibility index (Phi) is 6.56. The van der Waals surface area contributed by atoms with Gasteiger partial charge in [0.15, 0.2) is 9.84 Å². The molecule has 0 radical (unpaired) electrons. The van der Waals surface area contributed by atoms with Crippen LogP contribution in [-0.2, 0) is 24.1 Å². The molecule has 1 rings (SSSR count). The SMILES string of the molecule is CC(COC(=O)C(C)C)OC(=O)Oc1ccc(S(C)(=O)=O)cc1. The molecule has 1 atom stereocenters. The van der Waals surface area contributed by atoms with Gasteiger partial charge >= 0.3 is 12.1 Å². The van der Waals surface area contributed by atoms with Gasteiger partial charge in [0.2, 0.25) is 0 Å². The van der Waals surface area contributed by atoms with Gasteiger partial charge in [-0.25, -0.2) is 13.2 Å². The number of ether oxygens (including phenoxy) is 3. The van der Waals surface area contributed by atoms with Crippen LogP contribution in [0.4, 0.5) is 4.79 Å². The minimum atomic E-state index is -3.31. The molecule has 0 spiro atoms. The van der Waals surface area contributed by atoms with Crippen LogP contribution in [0.15, 0.2) is 29.2 Å². The van der Waals surface area contributed by atoms with Crippen LogP contribution in [0.1, 0.15) is 20.8 Å². The highest BCUT2D eigenvalue weighted by Gasteiger charge is 2.16. The maximum Gasteiger partial charge on any atom is 0.514 e. The zero-order valence-corrected chi connectivity index (χ0v) is 14.3. The van der Waals surface area contributed by atoms with Gasteiger partial charge in [0.05, 0.1) is 10.8 Å². The first-order chi connectivity index (χ1) is 10.6. The smallest absolute Gasteiger partial charge is 0.462 e. The third kappa shape index (κ3) is 6.68. The zero-order valence-electron chi connectivity index (χ0n) is 13.4. The Hall–Kier alpha value is -2.09. The van der Waals surface area contributed by atoms with Crippen molar-refractivity contribution in [3.8, 4) is 5.75 Å². The molecule has 0 amide bonds. The summed E-state index contributed by atoms with van der Waals surface area (Å²) >= 11 is 0. The number of rotatable bonds is 6. The molecule has 1 aromatic rings. The van der Waals surface area contributed by atoms with Crippen molar-refractivity contribution in [1.82, 2.24) is 0 Å². The average molecular weight is 344 g/mol. The molecular weight excluding hydrogens is 324 g/mol. The van der Waals surface area contributed by atoms with Gasteiger partial charge in [-0.15, -0.1) is 0 Å². The molecule has 0 heterocycles. The van der Waals surface area contributed by atoms with Gasteiger partial charge in [-0.2, -0.15) is 0 Å². The fraction of sp³-hybridized carbons (Fsp3) is 0.467. The molecule has 1 aromatic carbocycles. The predicted molar refractivity (Wildman–Crippen MR) is 81.9 cm³/mol. The second-order valence-electron chi connectivity index (χ2n) is 5.31. The van der Waals surface area contributed by atoms with Crippen molar-refractivity contribution >= 4 is 22.0 Å². The van der Waals surface area contributed by atoms with Crippen LogP contribution in [0.2, 0.25) is 0 Å². The summed E-state index contributed by atoms with van der Waals surface area (Å²) in [5, 5.41) is 0. The van der Waals surface area contributed by atoms with Gasteiger partial charge in [-0.3, -0.25) is 4.79 Å². The fourth-order valence-electron chi connectivity index (χ4n) is 1.44. The van der Waals surface area contributed by atoms with Crippen LogP contribution < -0.4 is 4.74 Å². The van der Waals surface area contributed by atoms with Crippen LogP contribution >= 0.6 is 0 Å². The average Bonchev–Trinajstić information content (AvgIpc) is 2.44. The molecule has 0 aliphatic rings. The highest BCUT2D eigenvalue weighted by atomic mass is 32.2. The summed E-state index contributed by atoms with van der Waals surface area (Å²) in [4.78, 5) is 23.0. The lowest BCUT2D eigenvalue weighted by Gasteiger charge is -2.14. The lowest BCUT2D eigenvalue weighted by atomic mass is 10.2. The molecule has 0 saturated carbocycles. The molecule has 0 aliphatic heterocycles. The molecule has 0 aromatic heterocycles. The first-order valence-electron chi connectivity index (χ1n) is 6.95. The molecule has 0 fully saturated rings. The standard InChI is InChI=1S/C15H20O7S/c1-10(2)14(16)20-9-11(3)21-15(17)22-12-5-7-13(8-6-12)23(4,18)19/h5-8,10-11H,9H2,1-4H3. The van der Waals surface area contributed by atoms with Gasteiger partial charge in [0.1, 0.15) is 18.5 Å². The Balaban J connectivity index is 2.49. The van der Waals surface area contributed by atoms with E-state index >= 15 is 0 Å². The van der Waals surface area contributed by atoms with E-state index in [9.17, 15) is 18.0 Å². The predicted octanol–water partition coefficient (Wildman–Crippen LogP) is 2.19. The van der Waals surface area contributed by atoms with Crippen LogP contribution in [0, 0.1) is 5.92 Å². The third-order valence-electron chi connectivity index (χ3n) is 2.68. The van der Waals surface area contributed by atoms with Crippen LogP contribution in [-0.4, -0.2) is 39.5 Å². The molecule has 8 heteroatoms. The topological polar surface area (TPSA) is 96.0 Å². The summed E-state index contributed by atoms with van der Waals surface area (Å²) in [5.41, 5.74) is 0. The molecule has 7 nitrogen and oxygen atoms in total. The van der Waals surface area contributed by atoms with Crippen molar-refractivity contribution in [2.45, 2.75) is 31.8 Å². The van der Waals surface area contributed by atoms with Crippen LogP contribution in [0.3, 0.4) is 0 Å². The van der Waals surface area contributed by atoms with Gasteiger partial charge in [-0.05, 0) is 31.2 Å². The van der Waals surface area contributed by atoms with Gasteiger partial charge in [-0.1, -0.05) is 13.8 Å². The maximum atomic E-state index is 11.6. The number of hydrogen-bond donors (Lipinski definition) is 0. The molecule has 0 saturated heterocycles. The molecule has 0 bridgehead atoms. The van der Waals surface area contributed by atoms with E-state index in [2.05, 4.69) is 0 Å². The minimum absolute atomic E-state index is 0.0703. The highest BCUT2D eigenvalue weighted by Crippen LogP contribution is 2.16. The lowest BCUT2D eigenvalue weighted by molar-refractivity contribution is -0.150. The third-order valence-corrected chi connectivity index (χ3v) is 3.81. The molecular formula is C15H20O7S. The van der Waals surface area contributed by atoms with Crippen molar-refractivity contribution in [3.05, 3.63) is 24.3 Å². The highest BCUT2D eigenvalue weighted by molar-refractivity contribution is 7.90. The van der Waals surface area contributed by atoms with Crippen LogP contribution in [0.25, 0.3) is 0 Å². The number of hydrogen-bond acceptors (Lipinski definition) is 7. The van der Waals surface area contributed by atoms with E-state index in [0.717, 1.165) is 6.26 Å². The zero-order chi connectivity index (χ0) is 17.6. The molecule has 128 valence electrons. The van der Waals surface area contributed by atoms with Crippen molar-refractivity contribution in [2.24, 2.45) is 5.92 Å². The van der Waals surface area contributed by atoms with E-state index < -0.39 is 22.1 Å². The van der Waals surface area contributed by atoms with Gasteiger partial charge in [0, 0.05) is 6.26 Å². The Morgan fingerprint density at radius 3 is 2.13 bits per heavy atom. The normalized spacial score (nSPS) is 12.6. The Morgan fingerprint density at radius 2 is 1.65 bits per heavy atom. The lowest BCUT2D eigenvalue weighted by Crippen LogP contribution is -2.25. The summed E-state index contributed by atoms with van der Waals surface area (Å²) in [6, 6.07) is 5.35. The minimum Gasteiger partial charge on any atom is -0.462 e. The number of benzene rings is 1. The van der Waals surface area contributed by atoms with E-state index in [0.29, 0.717) is 0 Å². The van der Waals surface area contributed by atoms with E-state index in [-0.39, 0.29) is 29.1 Å². The molecule has 1 unspecified atom stereocenters. The molecule has 23 heavy (non-hydrogen) atoms. The summed E-state index contributed by atoms with van der Waals surface area (Å²) in [6.45, 7) is 4.88. The second-order valence-corrected chi connectivity index (χ2v) is 7.32. The summed E-state index contributed by atoms with van der Waals surface area (Å²) in [6.07, 6.45) is -0.553.